The molecule has 3 rings (SSSR count). The number of aliphatic hydroxyl groups is 1. The molecule has 2 aromatic carbocycles. The van der Waals surface area contributed by atoms with Crippen LogP contribution in [-0.4, -0.2) is 52.2 Å². The molecular formula is C27H32FN3O3. The predicted octanol–water partition coefficient (Wildman–Crippen LogP) is 4.58. The smallest absolute Gasteiger partial charge is 0.227 e. The number of aromatic nitrogens is 2. The molecule has 1 aromatic heterocycles. The summed E-state index contributed by atoms with van der Waals surface area (Å²) in [7, 11) is 0. The zero-order chi connectivity index (χ0) is 24.5. The number of para-hydroxylation sites is 2. The summed E-state index contributed by atoms with van der Waals surface area (Å²) >= 11 is 0. The zero-order valence-electron chi connectivity index (χ0n) is 19.9. The second kappa shape index (κ2) is 12.3. The Bertz CT molecular complexity index is 1090. The van der Waals surface area contributed by atoms with E-state index in [1.807, 2.05) is 37.3 Å². The third-order valence-electron chi connectivity index (χ3n) is 5.15. The quantitative estimate of drug-likeness (QED) is 0.313. The number of nitrogens with zero attached hydrogens (tertiary/aromatic N) is 3. The van der Waals surface area contributed by atoms with Crippen LogP contribution in [0.2, 0.25) is 0 Å². The van der Waals surface area contributed by atoms with Crippen molar-refractivity contribution in [1.82, 2.24) is 14.7 Å². The van der Waals surface area contributed by atoms with Crippen LogP contribution in [0, 0.1) is 31.0 Å². The molecule has 180 valence electrons. The number of aliphatic hydroxyl groups excluding tert-OH is 1. The highest BCUT2D eigenvalue weighted by Gasteiger charge is 2.23. The predicted molar refractivity (Wildman–Crippen MR) is 131 cm³/mol. The van der Waals surface area contributed by atoms with Gasteiger partial charge in [-0.3, -0.25) is 4.90 Å². The van der Waals surface area contributed by atoms with Crippen molar-refractivity contribution >= 4 is 0 Å². The minimum absolute atomic E-state index is 0.124. The van der Waals surface area contributed by atoms with Gasteiger partial charge in [0.1, 0.15) is 6.61 Å². The molecule has 0 bridgehead atoms. The van der Waals surface area contributed by atoms with Crippen molar-refractivity contribution in [2.45, 2.75) is 33.4 Å². The van der Waals surface area contributed by atoms with E-state index in [2.05, 4.69) is 24.7 Å². The summed E-state index contributed by atoms with van der Waals surface area (Å²) in [6.07, 6.45) is 4.52. The fraction of sp³-hybridized carbons (Fsp3) is 0.370. The maximum Gasteiger partial charge on any atom is 0.227 e. The van der Waals surface area contributed by atoms with Crippen molar-refractivity contribution < 1.29 is 19.0 Å². The first-order chi connectivity index (χ1) is 16.4. The minimum atomic E-state index is -0.701. The van der Waals surface area contributed by atoms with Gasteiger partial charge in [-0.2, -0.15) is 5.10 Å². The number of benzene rings is 2. The van der Waals surface area contributed by atoms with Gasteiger partial charge in [-0.05, 0) is 37.1 Å². The topological polar surface area (TPSA) is 59.8 Å². The van der Waals surface area contributed by atoms with Gasteiger partial charge in [-0.25, -0.2) is 9.07 Å². The summed E-state index contributed by atoms with van der Waals surface area (Å²) < 4.78 is 27.6. The van der Waals surface area contributed by atoms with Gasteiger partial charge in [0, 0.05) is 19.6 Å². The van der Waals surface area contributed by atoms with E-state index < -0.39 is 11.9 Å². The molecule has 0 saturated carbocycles. The van der Waals surface area contributed by atoms with Crippen LogP contribution in [-0.2, 0) is 11.3 Å². The summed E-state index contributed by atoms with van der Waals surface area (Å²) in [6.45, 7) is 8.04. The molecule has 1 atom stereocenters. The van der Waals surface area contributed by atoms with E-state index in [0.29, 0.717) is 24.9 Å². The lowest BCUT2D eigenvalue weighted by Gasteiger charge is -2.27. The molecule has 0 aliphatic heterocycles. The average Bonchev–Trinajstić information content (AvgIpc) is 3.10. The van der Waals surface area contributed by atoms with E-state index in [9.17, 15) is 9.50 Å². The SMILES string of the molecule is C#CCOC[C@H](O)CN(Cc1c(C)nn(-c2ccccc2)c1Oc1ccccc1F)CC(C)C. The molecule has 34 heavy (non-hydrogen) atoms. The molecule has 6 nitrogen and oxygen atoms in total. The van der Waals surface area contributed by atoms with Crippen LogP contribution in [0.5, 0.6) is 11.6 Å². The third-order valence-corrected chi connectivity index (χ3v) is 5.15. The monoisotopic (exact) mass is 465 g/mol. The molecule has 0 amide bonds. The molecule has 1 N–H and O–H groups in total. The van der Waals surface area contributed by atoms with Crippen LogP contribution in [0.3, 0.4) is 0 Å². The largest absolute Gasteiger partial charge is 0.435 e. The van der Waals surface area contributed by atoms with Crippen molar-refractivity contribution in [2.24, 2.45) is 5.92 Å². The van der Waals surface area contributed by atoms with E-state index >= 15 is 0 Å². The Hall–Kier alpha value is -3.18. The van der Waals surface area contributed by atoms with Gasteiger partial charge in [0.2, 0.25) is 5.88 Å². The molecule has 1 heterocycles. The lowest BCUT2D eigenvalue weighted by atomic mass is 10.1. The van der Waals surface area contributed by atoms with Crippen molar-refractivity contribution in [2.75, 3.05) is 26.3 Å². The van der Waals surface area contributed by atoms with Gasteiger partial charge >= 0.3 is 0 Å². The number of aryl methyl sites for hydroxylation is 1. The average molecular weight is 466 g/mol. The molecule has 0 saturated heterocycles. The molecule has 3 aromatic rings. The van der Waals surface area contributed by atoms with Crippen molar-refractivity contribution in [3.63, 3.8) is 0 Å². The van der Waals surface area contributed by atoms with Crippen LogP contribution in [0.4, 0.5) is 4.39 Å². The maximum absolute atomic E-state index is 14.5. The molecule has 0 spiro atoms. The zero-order valence-corrected chi connectivity index (χ0v) is 19.9. The molecule has 0 unspecified atom stereocenters. The van der Waals surface area contributed by atoms with Gasteiger partial charge in [-0.15, -0.1) is 6.42 Å². The first-order valence-electron chi connectivity index (χ1n) is 11.4. The van der Waals surface area contributed by atoms with Gasteiger partial charge in [0.05, 0.1) is 29.7 Å². The second-order valence-corrected chi connectivity index (χ2v) is 8.61. The van der Waals surface area contributed by atoms with Crippen LogP contribution >= 0.6 is 0 Å². The molecule has 7 heteroatoms. The first kappa shape index (κ1) is 25.4. The van der Waals surface area contributed by atoms with Gasteiger partial charge in [0.15, 0.2) is 11.6 Å². The standard InChI is InChI=1S/C27H32FN3O3/c1-5-15-33-19-23(32)17-30(16-20(2)3)18-24-21(4)29-31(22-11-7-6-8-12-22)27(24)34-26-14-10-9-13-25(26)28/h1,6-14,20,23,32H,15-19H2,2-4H3/t23-/m1/s1. The van der Waals surface area contributed by atoms with Crippen molar-refractivity contribution in [3.8, 4) is 29.7 Å². The Morgan fingerprint density at radius 3 is 2.50 bits per heavy atom. The van der Waals surface area contributed by atoms with E-state index in [4.69, 9.17) is 21.0 Å². The molecule has 0 aliphatic carbocycles. The lowest BCUT2D eigenvalue weighted by molar-refractivity contribution is 0.0236. The van der Waals surface area contributed by atoms with Crippen LogP contribution < -0.4 is 4.74 Å². The Labute approximate surface area is 200 Å². The number of ether oxygens (including phenoxy) is 2. The number of hydrogen-bond donors (Lipinski definition) is 1. The molecule has 0 fully saturated rings. The van der Waals surface area contributed by atoms with Crippen molar-refractivity contribution in [3.05, 3.63) is 71.7 Å². The minimum Gasteiger partial charge on any atom is -0.435 e. The summed E-state index contributed by atoms with van der Waals surface area (Å²) in [6, 6.07) is 15.9. The van der Waals surface area contributed by atoms with Gasteiger partial charge in [0.25, 0.3) is 0 Å². The third kappa shape index (κ3) is 6.91. The highest BCUT2D eigenvalue weighted by Crippen LogP contribution is 2.32. The summed E-state index contributed by atoms with van der Waals surface area (Å²) in [4.78, 5) is 2.13. The number of hydrogen-bond acceptors (Lipinski definition) is 5. The van der Waals surface area contributed by atoms with Crippen LogP contribution in [0.1, 0.15) is 25.1 Å². The van der Waals surface area contributed by atoms with Gasteiger partial charge < -0.3 is 14.6 Å². The van der Waals surface area contributed by atoms with E-state index in [0.717, 1.165) is 23.5 Å². The number of halogens is 1. The Balaban J connectivity index is 1.95. The highest BCUT2D eigenvalue weighted by atomic mass is 19.1. The second-order valence-electron chi connectivity index (χ2n) is 8.61. The molecule has 0 radical (unpaired) electrons. The van der Waals surface area contributed by atoms with Crippen molar-refractivity contribution in [1.29, 1.82) is 0 Å². The summed E-state index contributed by atoms with van der Waals surface area (Å²) in [5.41, 5.74) is 2.40. The lowest BCUT2D eigenvalue weighted by Crippen LogP contribution is -2.37. The van der Waals surface area contributed by atoms with Crippen LogP contribution in [0.15, 0.2) is 54.6 Å². The summed E-state index contributed by atoms with van der Waals surface area (Å²) in [5, 5.41) is 15.2. The van der Waals surface area contributed by atoms with E-state index in [1.54, 1.807) is 22.9 Å². The molecule has 0 aliphatic rings. The Kier molecular flexibility index (Phi) is 9.23. The van der Waals surface area contributed by atoms with Crippen LogP contribution in [0.25, 0.3) is 5.69 Å². The fourth-order valence-electron chi connectivity index (χ4n) is 3.75. The van der Waals surface area contributed by atoms with E-state index in [-0.39, 0.29) is 19.0 Å². The number of terminal acetylenes is 1. The fourth-order valence-corrected chi connectivity index (χ4v) is 3.75. The molecular weight excluding hydrogens is 433 g/mol. The van der Waals surface area contributed by atoms with Gasteiger partial charge in [-0.1, -0.05) is 50.1 Å². The maximum atomic E-state index is 14.5. The Morgan fingerprint density at radius 2 is 1.82 bits per heavy atom. The highest BCUT2D eigenvalue weighted by molar-refractivity contribution is 5.43. The first-order valence-corrected chi connectivity index (χ1v) is 11.4. The Morgan fingerprint density at radius 1 is 1.12 bits per heavy atom. The summed E-state index contributed by atoms with van der Waals surface area (Å²) in [5.74, 6) is 2.88. The number of rotatable bonds is 12. The normalized spacial score (nSPS) is 12.2. The van der Waals surface area contributed by atoms with E-state index in [1.165, 1.54) is 6.07 Å².